The Morgan fingerprint density at radius 3 is 2.64 bits per heavy atom. The van der Waals surface area contributed by atoms with Gasteiger partial charge in [-0.15, -0.1) is 0 Å². The first-order valence-electron chi connectivity index (χ1n) is 10.6. The number of nitrogens with zero attached hydrogens (tertiary/aromatic N) is 1. The van der Waals surface area contributed by atoms with Crippen LogP contribution in [-0.2, 0) is 11.3 Å². The van der Waals surface area contributed by atoms with Gasteiger partial charge in [0.1, 0.15) is 0 Å². The van der Waals surface area contributed by atoms with Gasteiger partial charge in [0.25, 0.3) is 0 Å². The first-order chi connectivity index (χ1) is 13.8. The second-order valence-electron chi connectivity index (χ2n) is 7.73. The molecule has 0 radical (unpaired) electrons. The molecule has 1 aromatic rings. The van der Waals surface area contributed by atoms with Crippen LogP contribution in [0.2, 0.25) is 0 Å². The van der Waals surface area contributed by atoms with Gasteiger partial charge in [0.05, 0.1) is 13.2 Å². The first-order valence-corrected chi connectivity index (χ1v) is 10.6. The van der Waals surface area contributed by atoms with Crippen LogP contribution in [0.1, 0.15) is 50.5 Å². The molecule has 6 nitrogen and oxygen atoms in total. The molecule has 2 aliphatic carbocycles. The summed E-state index contributed by atoms with van der Waals surface area (Å²) in [7, 11) is 3.48. The first kappa shape index (κ1) is 20.8. The van der Waals surface area contributed by atoms with Crippen molar-refractivity contribution >= 4 is 5.96 Å². The predicted molar refractivity (Wildman–Crippen MR) is 112 cm³/mol. The molecule has 0 atom stereocenters. The van der Waals surface area contributed by atoms with Crippen LogP contribution in [0.3, 0.4) is 0 Å². The Labute approximate surface area is 169 Å². The minimum absolute atomic E-state index is 0.314. The van der Waals surface area contributed by atoms with E-state index in [2.05, 4.69) is 27.8 Å². The van der Waals surface area contributed by atoms with Crippen LogP contribution in [-0.4, -0.2) is 46.0 Å². The molecule has 2 saturated carbocycles. The Balaban J connectivity index is 1.41. The van der Waals surface area contributed by atoms with Gasteiger partial charge in [-0.3, -0.25) is 4.99 Å². The number of guanidine groups is 1. The molecular formula is C22H35N3O3. The van der Waals surface area contributed by atoms with Gasteiger partial charge in [-0.25, -0.2) is 0 Å². The monoisotopic (exact) mass is 389 g/mol. The smallest absolute Gasteiger partial charge is 0.191 e. The maximum absolute atomic E-state index is 6.18. The molecule has 156 valence electrons. The molecule has 2 fully saturated rings. The highest BCUT2D eigenvalue weighted by Gasteiger charge is 2.21. The van der Waals surface area contributed by atoms with Crippen molar-refractivity contribution in [2.45, 2.75) is 57.6 Å². The fourth-order valence-corrected chi connectivity index (χ4v) is 3.43. The molecule has 0 amide bonds. The maximum atomic E-state index is 6.18. The number of aliphatic imine (C=N–C) groups is 1. The van der Waals surface area contributed by atoms with Crippen molar-refractivity contribution in [3.05, 3.63) is 23.8 Å². The molecule has 0 aromatic heterocycles. The average molecular weight is 390 g/mol. The van der Waals surface area contributed by atoms with E-state index < -0.39 is 0 Å². The molecular weight excluding hydrogens is 354 g/mol. The van der Waals surface area contributed by atoms with E-state index in [9.17, 15) is 0 Å². The van der Waals surface area contributed by atoms with Gasteiger partial charge in [0.15, 0.2) is 17.5 Å². The third-order valence-electron chi connectivity index (χ3n) is 5.32. The Kier molecular flexibility index (Phi) is 8.27. The lowest BCUT2D eigenvalue weighted by Crippen LogP contribution is -2.37. The summed E-state index contributed by atoms with van der Waals surface area (Å²) >= 11 is 0. The molecule has 1 aromatic carbocycles. The third kappa shape index (κ3) is 6.89. The molecule has 0 spiro atoms. The SMILES string of the molecule is CN=C(NCCCOCC1CC1)NCc1ccc(OC)c(OC2CCCC2)c1. The second kappa shape index (κ2) is 11.1. The third-order valence-corrected chi connectivity index (χ3v) is 5.32. The highest BCUT2D eigenvalue weighted by atomic mass is 16.5. The number of rotatable bonds is 11. The summed E-state index contributed by atoms with van der Waals surface area (Å²) in [6, 6.07) is 6.12. The summed E-state index contributed by atoms with van der Waals surface area (Å²) in [4.78, 5) is 4.30. The van der Waals surface area contributed by atoms with Gasteiger partial charge in [-0.2, -0.15) is 0 Å². The number of nitrogens with one attached hydrogen (secondary N) is 2. The number of benzene rings is 1. The number of methoxy groups -OCH3 is 1. The van der Waals surface area contributed by atoms with Crippen molar-refractivity contribution in [3.63, 3.8) is 0 Å². The summed E-state index contributed by atoms with van der Waals surface area (Å²) in [5.74, 6) is 3.26. The Morgan fingerprint density at radius 2 is 1.93 bits per heavy atom. The van der Waals surface area contributed by atoms with Gasteiger partial charge in [-0.05, 0) is 68.6 Å². The Hall–Kier alpha value is -1.95. The lowest BCUT2D eigenvalue weighted by atomic mass is 10.2. The van der Waals surface area contributed by atoms with Crippen LogP contribution in [0.4, 0.5) is 0 Å². The molecule has 2 N–H and O–H groups in total. The largest absolute Gasteiger partial charge is 0.493 e. The standard InChI is InChI=1S/C22H35N3O3/c1-23-22(24-12-5-13-27-16-17-8-9-17)25-15-18-10-11-20(26-2)21(14-18)28-19-6-3-4-7-19/h10-11,14,17,19H,3-9,12-13,15-16H2,1-2H3,(H2,23,24,25). The second-order valence-corrected chi connectivity index (χ2v) is 7.73. The fraction of sp³-hybridized carbons (Fsp3) is 0.682. The van der Waals surface area contributed by atoms with E-state index in [1.165, 1.54) is 25.7 Å². The molecule has 0 aliphatic heterocycles. The van der Waals surface area contributed by atoms with Crippen LogP contribution < -0.4 is 20.1 Å². The molecule has 6 heteroatoms. The number of hydrogen-bond donors (Lipinski definition) is 2. The van der Waals surface area contributed by atoms with Gasteiger partial charge in [0.2, 0.25) is 0 Å². The summed E-state index contributed by atoms with van der Waals surface area (Å²) in [5, 5.41) is 6.71. The Morgan fingerprint density at radius 1 is 1.11 bits per heavy atom. The summed E-state index contributed by atoms with van der Waals surface area (Å²) in [6.45, 7) is 3.27. The van der Waals surface area contributed by atoms with Crippen molar-refractivity contribution in [2.75, 3.05) is 33.9 Å². The highest BCUT2D eigenvalue weighted by Crippen LogP contribution is 2.32. The number of hydrogen-bond acceptors (Lipinski definition) is 4. The van der Waals surface area contributed by atoms with Crippen molar-refractivity contribution < 1.29 is 14.2 Å². The van der Waals surface area contributed by atoms with E-state index in [1.54, 1.807) is 14.2 Å². The molecule has 3 rings (SSSR count). The van der Waals surface area contributed by atoms with Crippen LogP contribution in [0.5, 0.6) is 11.5 Å². The van der Waals surface area contributed by atoms with Crippen LogP contribution in [0, 0.1) is 5.92 Å². The van der Waals surface area contributed by atoms with Crippen molar-refractivity contribution in [3.8, 4) is 11.5 Å². The van der Waals surface area contributed by atoms with Crippen LogP contribution in [0.25, 0.3) is 0 Å². The Bertz CT molecular complexity index is 625. The molecule has 0 bridgehead atoms. The molecule has 0 heterocycles. The van der Waals surface area contributed by atoms with Crippen molar-refractivity contribution in [1.82, 2.24) is 10.6 Å². The lowest BCUT2D eigenvalue weighted by molar-refractivity contribution is 0.123. The zero-order valence-corrected chi connectivity index (χ0v) is 17.3. The predicted octanol–water partition coefficient (Wildman–Crippen LogP) is 3.50. The van der Waals surface area contributed by atoms with Crippen molar-refractivity contribution in [2.24, 2.45) is 10.9 Å². The van der Waals surface area contributed by atoms with Gasteiger partial charge >= 0.3 is 0 Å². The van der Waals surface area contributed by atoms with E-state index >= 15 is 0 Å². The molecule has 0 saturated heterocycles. The van der Waals surface area contributed by atoms with E-state index in [4.69, 9.17) is 14.2 Å². The molecule has 2 aliphatic rings. The van der Waals surface area contributed by atoms with Crippen molar-refractivity contribution in [1.29, 1.82) is 0 Å². The van der Waals surface area contributed by atoms with E-state index in [1.807, 2.05) is 6.07 Å². The zero-order valence-electron chi connectivity index (χ0n) is 17.3. The zero-order chi connectivity index (χ0) is 19.6. The topological polar surface area (TPSA) is 64.1 Å². The summed E-state index contributed by atoms with van der Waals surface area (Å²) in [6.07, 6.45) is 8.74. The van der Waals surface area contributed by atoms with Crippen LogP contribution >= 0.6 is 0 Å². The van der Waals surface area contributed by atoms with Gasteiger partial charge in [0, 0.05) is 33.4 Å². The van der Waals surface area contributed by atoms with Gasteiger partial charge in [-0.1, -0.05) is 6.07 Å². The average Bonchev–Trinajstić information content (AvgIpc) is 3.40. The fourth-order valence-electron chi connectivity index (χ4n) is 3.43. The van der Waals surface area contributed by atoms with E-state index in [0.29, 0.717) is 12.6 Å². The van der Waals surface area contributed by atoms with E-state index in [0.717, 1.165) is 68.0 Å². The highest BCUT2D eigenvalue weighted by molar-refractivity contribution is 5.79. The summed E-state index contributed by atoms with van der Waals surface area (Å²) in [5.41, 5.74) is 1.14. The lowest BCUT2D eigenvalue weighted by Gasteiger charge is -2.17. The molecule has 0 unspecified atom stereocenters. The van der Waals surface area contributed by atoms with Crippen LogP contribution in [0.15, 0.2) is 23.2 Å². The minimum Gasteiger partial charge on any atom is -0.493 e. The van der Waals surface area contributed by atoms with Gasteiger partial charge < -0.3 is 24.8 Å². The van der Waals surface area contributed by atoms with E-state index in [-0.39, 0.29) is 0 Å². The maximum Gasteiger partial charge on any atom is 0.191 e. The quantitative estimate of drug-likeness (QED) is 0.345. The summed E-state index contributed by atoms with van der Waals surface area (Å²) < 4.78 is 17.3. The minimum atomic E-state index is 0.314. The molecule has 28 heavy (non-hydrogen) atoms. The number of ether oxygens (including phenoxy) is 3. The normalized spacial score (nSPS) is 17.6.